The van der Waals surface area contributed by atoms with Crippen LogP contribution in [0.1, 0.15) is 58.3 Å². The van der Waals surface area contributed by atoms with Crippen molar-refractivity contribution in [3.05, 3.63) is 24.2 Å². The van der Waals surface area contributed by atoms with E-state index in [-0.39, 0.29) is 24.1 Å². The maximum atomic E-state index is 12.9. The summed E-state index contributed by atoms with van der Waals surface area (Å²) in [5.74, 6) is 1.15. The Kier molecular flexibility index (Phi) is 7.86. The second-order valence-electron chi connectivity index (χ2n) is 9.78. The molecule has 174 valence electrons. The molecule has 0 saturated carbocycles. The van der Waals surface area contributed by atoms with Crippen molar-refractivity contribution >= 4 is 12.1 Å². The first kappa shape index (κ1) is 23.4. The van der Waals surface area contributed by atoms with Crippen molar-refractivity contribution in [2.75, 3.05) is 46.3 Å². The molecule has 8 nitrogen and oxygen atoms in total. The summed E-state index contributed by atoms with van der Waals surface area (Å²) in [5.41, 5.74) is -0.510. The number of carbonyl (C=O) groups excluding carboxylic acids is 2. The zero-order valence-corrected chi connectivity index (χ0v) is 19.4. The molecule has 2 aliphatic rings. The van der Waals surface area contributed by atoms with Crippen LogP contribution in [0.25, 0.3) is 0 Å². The minimum absolute atomic E-state index is 0.0413. The Hall–Kier alpha value is -2.22. The highest BCUT2D eigenvalue weighted by Gasteiger charge is 2.29. The van der Waals surface area contributed by atoms with Crippen LogP contribution in [0.3, 0.4) is 0 Å². The largest absolute Gasteiger partial charge is 0.468 e. The molecule has 2 atom stereocenters. The number of amides is 3. The smallest absolute Gasteiger partial charge is 0.410 e. The second kappa shape index (κ2) is 10.4. The first-order valence-electron chi connectivity index (χ1n) is 11.5. The van der Waals surface area contributed by atoms with Gasteiger partial charge in [0.2, 0.25) is 0 Å². The van der Waals surface area contributed by atoms with E-state index in [4.69, 9.17) is 9.15 Å². The van der Waals surface area contributed by atoms with Gasteiger partial charge in [0.1, 0.15) is 11.4 Å². The number of furan rings is 1. The Bertz CT molecular complexity index is 710. The monoisotopic (exact) mass is 434 g/mol. The van der Waals surface area contributed by atoms with Gasteiger partial charge in [-0.05, 0) is 77.6 Å². The molecule has 1 N–H and O–H groups in total. The normalized spacial score (nSPS) is 21.0. The molecule has 2 fully saturated rings. The quantitative estimate of drug-likeness (QED) is 0.739. The van der Waals surface area contributed by atoms with E-state index < -0.39 is 5.60 Å². The van der Waals surface area contributed by atoms with Gasteiger partial charge in [-0.1, -0.05) is 0 Å². The Morgan fingerprint density at radius 1 is 1.26 bits per heavy atom. The lowest BCUT2D eigenvalue weighted by Crippen LogP contribution is -2.49. The lowest BCUT2D eigenvalue weighted by Gasteiger charge is -2.35. The minimum Gasteiger partial charge on any atom is -0.468 e. The highest BCUT2D eigenvalue weighted by Crippen LogP contribution is 2.25. The Morgan fingerprint density at radius 2 is 2.00 bits per heavy atom. The van der Waals surface area contributed by atoms with Gasteiger partial charge in [-0.3, -0.25) is 4.90 Å². The minimum atomic E-state index is -0.510. The van der Waals surface area contributed by atoms with E-state index in [0.717, 1.165) is 38.2 Å². The average Bonchev–Trinajstić information content (AvgIpc) is 3.41. The summed E-state index contributed by atoms with van der Waals surface area (Å²) in [6.45, 7) is 10.2. The molecule has 0 spiro atoms. The van der Waals surface area contributed by atoms with Crippen LogP contribution < -0.4 is 5.32 Å². The molecule has 0 aromatic carbocycles. The van der Waals surface area contributed by atoms with E-state index >= 15 is 0 Å². The highest BCUT2D eigenvalue weighted by molar-refractivity contribution is 5.74. The van der Waals surface area contributed by atoms with Gasteiger partial charge in [-0.2, -0.15) is 0 Å². The summed E-state index contributed by atoms with van der Waals surface area (Å²) >= 11 is 0. The van der Waals surface area contributed by atoms with E-state index in [0.29, 0.717) is 19.6 Å². The molecule has 0 bridgehead atoms. The third-order valence-electron chi connectivity index (χ3n) is 5.94. The Morgan fingerprint density at radius 3 is 2.65 bits per heavy atom. The van der Waals surface area contributed by atoms with Crippen LogP contribution in [-0.4, -0.2) is 78.7 Å². The molecular weight excluding hydrogens is 396 g/mol. The molecule has 0 aliphatic carbocycles. The summed E-state index contributed by atoms with van der Waals surface area (Å²) in [6.07, 6.45) is 5.68. The van der Waals surface area contributed by atoms with E-state index in [1.54, 1.807) is 18.2 Å². The number of nitrogens with one attached hydrogen (secondary N) is 1. The van der Waals surface area contributed by atoms with Crippen LogP contribution in [0.2, 0.25) is 0 Å². The van der Waals surface area contributed by atoms with Crippen LogP contribution in [0.4, 0.5) is 9.59 Å². The summed E-state index contributed by atoms with van der Waals surface area (Å²) < 4.78 is 11.1. The zero-order chi connectivity index (χ0) is 22.4. The fourth-order valence-electron chi connectivity index (χ4n) is 4.44. The van der Waals surface area contributed by atoms with Gasteiger partial charge < -0.3 is 24.3 Å². The second-order valence-corrected chi connectivity index (χ2v) is 9.78. The molecular formula is C23H38N4O4. The van der Waals surface area contributed by atoms with Gasteiger partial charge in [0.25, 0.3) is 0 Å². The standard InChI is InChI=1S/C23H38N4O4/c1-23(2,3)31-22(29)25(4)16-18-9-7-13-27(17-18)21(28)24-15-19(20-10-8-14-30-20)26-11-5-6-12-26/h8,10,14,18-19H,5-7,9,11-13,15-17H2,1-4H3,(H,24,28). The number of nitrogens with zero attached hydrogens (tertiary/aromatic N) is 3. The lowest BCUT2D eigenvalue weighted by atomic mass is 9.98. The van der Waals surface area contributed by atoms with Gasteiger partial charge in [-0.15, -0.1) is 0 Å². The number of hydrogen-bond donors (Lipinski definition) is 1. The summed E-state index contributed by atoms with van der Waals surface area (Å²) in [6, 6.07) is 3.91. The molecule has 1 aromatic heterocycles. The van der Waals surface area contributed by atoms with Crippen molar-refractivity contribution in [2.24, 2.45) is 5.92 Å². The molecule has 2 unspecified atom stereocenters. The van der Waals surface area contributed by atoms with Gasteiger partial charge in [0.15, 0.2) is 0 Å². The predicted octanol–water partition coefficient (Wildman–Crippen LogP) is 3.71. The molecule has 3 heterocycles. The Labute approximate surface area is 185 Å². The van der Waals surface area contributed by atoms with E-state index in [9.17, 15) is 9.59 Å². The van der Waals surface area contributed by atoms with Crippen molar-refractivity contribution in [3.63, 3.8) is 0 Å². The predicted molar refractivity (Wildman–Crippen MR) is 119 cm³/mol. The molecule has 2 aliphatic heterocycles. The molecule has 31 heavy (non-hydrogen) atoms. The molecule has 2 saturated heterocycles. The third-order valence-corrected chi connectivity index (χ3v) is 5.94. The van der Waals surface area contributed by atoms with E-state index in [1.165, 1.54) is 12.8 Å². The van der Waals surface area contributed by atoms with Crippen LogP contribution in [0, 0.1) is 5.92 Å². The average molecular weight is 435 g/mol. The van der Waals surface area contributed by atoms with Crippen molar-refractivity contribution in [1.82, 2.24) is 20.0 Å². The molecule has 0 radical (unpaired) electrons. The van der Waals surface area contributed by atoms with Gasteiger partial charge in [0, 0.05) is 33.2 Å². The highest BCUT2D eigenvalue weighted by atomic mass is 16.6. The Balaban J connectivity index is 1.50. The SMILES string of the molecule is CN(CC1CCCN(C(=O)NCC(c2ccco2)N2CCCC2)C1)C(=O)OC(C)(C)C. The lowest BCUT2D eigenvalue weighted by molar-refractivity contribution is 0.0252. The topological polar surface area (TPSA) is 78.3 Å². The van der Waals surface area contributed by atoms with E-state index in [2.05, 4.69) is 10.2 Å². The van der Waals surface area contributed by atoms with Crippen LogP contribution in [0.15, 0.2) is 22.8 Å². The third kappa shape index (κ3) is 6.89. The van der Waals surface area contributed by atoms with Crippen molar-refractivity contribution in [1.29, 1.82) is 0 Å². The summed E-state index contributed by atoms with van der Waals surface area (Å²) in [7, 11) is 1.76. The number of likely N-dealkylation sites (tertiary alicyclic amines) is 2. The van der Waals surface area contributed by atoms with Crippen molar-refractivity contribution < 1.29 is 18.7 Å². The molecule has 8 heteroatoms. The number of rotatable bonds is 6. The number of carbonyl (C=O) groups is 2. The zero-order valence-electron chi connectivity index (χ0n) is 19.4. The van der Waals surface area contributed by atoms with E-state index in [1.807, 2.05) is 37.8 Å². The van der Waals surface area contributed by atoms with Gasteiger partial charge >= 0.3 is 12.1 Å². The first-order valence-corrected chi connectivity index (χ1v) is 11.5. The summed E-state index contributed by atoms with van der Waals surface area (Å²) in [5, 5.41) is 3.13. The van der Waals surface area contributed by atoms with Crippen molar-refractivity contribution in [2.45, 2.75) is 58.1 Å². The number of hydrogen-bond acceptors (Lipinski definition) is 5. The fourth-order valence-corrected chi connectivity index (χ4v) is 4.44. The van der Waals surface area contributed by atoms with Gasteiger partial charge in [-0.25, -0.2) is 9.59 Å². The van der Waals surface area contributed by atoms with Crippen LogP contribution in [-0.2, 0) is 4.74 Å². The van der Waals surface area contributed by atoms with Crippen LogP contribution in [0.5, 0.6) is 0 Å². The van der Waals surface area contributed by atoms with Crippen molar-refractivity contribution in [3.8, 4) is 0 Å². The maximum absolute atomic E-state index is 12.9. The number of urea groups is 1. The maximum Gasteiger partial charge on any atom is 0.410 e. The first-order chi connectivity index (χ1) is 14.7. The number of piperidine rings is 1. The summed E-state index contributed by atoms with van der Waals surface area (Å²) in [4.78, 5) is 31.0. The molecule has 3 rings (SSSR count). The van der Waals surface area contributed by atoms with Gasteiger partial charge in [0.05, 0.1) is 12.3 Å². The van der Waals surface area contributed by atoms with Crippen LogP contribution >= 0.6 is 0 Å². The molecule has 1 aromatic rings. The fraction of sp³-hybridized carbons (Fsp3) is 0.739. The number of ether oxygens (including phenoxy) is 1. The molecule has 3 amide bonds.